The van der Waals surface area contributed by atoms with Crippen LogP contribution in [0, 0.1) is 5.82 Å². The summed E-state index contributed by atoms with van der Waals surface area (Å²) in [6.07, 6.45) is -0.294. The first-order chi connectivity index (χ1) is 17.8. The highest BCUT2D eigenvalue weighted by molar-refractivity contribution is 6.22. The Labute approximate surface area is 213 Å². The molecule has 0 bridgehead atoms. The van der Waals surface area contributed by atoms with Crippen molar-refractivity contribution in [3.8, 4) is 17.2 Å². The highest BCUT2D eigenvalue weighted by atomic mass is 19.1. The van der Waals surface area contributed by atoms with E-state index >= 15 is 0 Å². The average Bonchev–Trinajstić information content (AvgIpc) is 3.13. The zero-order chi connectivity index (χ0) is 26.5. The normalized spacial score (nSPS) is 15.1. The second-order valence-corrected chi connectivity index (χ2v) is 8.28. The second-order valence-electron chi connectivity index (χ2n) is 8.28. The standard InChI is InChI=1S/C27H26FN3O6/c1-35-21-10-4-17(5-11-21)16-30-24(26(33)31(27(30)34)20-8-6-18(28)7-9-20)15-25(32)29-19-12-22(36-2)14-23(13-19)37-3/h4-14,24H,15-16H2,1-3H3,(H,29,32)/t24-/m1/s1. The van der Waals surface area contributed by atoms with E-state index in [9.17, 15) is 18.8 Å². The molecule has 4 amide bonds. The van der Waals surface area contributed by atoms with Crippen LogP contribution < -0.4 is 24.4 Å². The van der Waals surface area contributed by atoms with E-state index in [-0.39, 0.29) is 18.7 Å². The van der Waals surface area contributed by atoms with Gasteiger partial charge in [-0.25, -0.2) is 14.1 Å². The number of hydrogen-bond donors (Lipinski definition) is 1. The van der Waals surface area contributed by atoms with Gasteiger partial charge in [0.2, 0.25) is 5.91 Å². The van der Waals surface area contributed by atoms with Crippen LogP contribution in [-0.2, 0) is 16.1 Å². The molecule has 3 aromatic rings. The highest BCUT2D eigenvalue weighted by Crippen LogP contribution is 2.30. The van der Waals surface area contributed by atoms with Gasteiger partial charge in [0, 0.05) is 30.4 Å². The lowest BCUT2D eigenvalue weighted by Gasteiger charge is -2.22. The van der Waals surface area contributed by atoms with E-state index in [2.05, 4.69) is 5.32 Å². The Bertz CT molecular complexity index is 1270. The predicted molar refractivity (Wildman–Crippen MR) is 134 cm³/mol. The third-order valence-corrected chi connectivity index (χ3v) is 5.93. The van der Waals surface area contributed by atoms with Gasteiger partial charge in [-0.3, -0.25) is 9.59 Å². The molecule has 0 unspecified atom stereocenters. The summed E-state index contributed by atoms with van der Waals surface area (Å²) in [5, 5.41) is 2.74. The van der Waals surface area contributed by atoms with Gasteiger partial charge in [0.1, 0.15) is 29.1 Å². The molecule has 1 fully saturated rings. The summed E-state index contributed by atoms with van der Waals surface area (Å²) in [6, 6.07) is 15.3. The molecule has 1 aliphatic rings. The van der Waals surface area contributed by atoms with E-state index in [4.69, 9.17) is 14.2 Å². The largest absolute Gasteiger partial charge is 0.497 e. The quantitative estimate of drug-likeness (QED) is 0.436. The number of carbonyl (C=O) groups excluding carboxylic acids is 3. The molecule has 1 atom stereocenters. The van der Waals surface area contributed by atoms with Crippen molar-refractivity contribution in [2.24, 2.45) is 0 Å². The molecule has 1 heterocycles. The molecule has 1 saturated heterocycles. The fourth-order valence-electron chi connectivity index (χ4n) is 4.04. The number of nitrogens with zero attached hydrogens (tertiary/aromatic N) is 2. The van der Waals surface area contributed by atoms with E-state index in [0.717, 1.165) is 10.5 Å². The van der Waals surface area contributed by atoms with Crippen LogP contribution in [-0.4, -0.2) is 50.1 Å². The Hall–Kier alpha value is -4.60. The Balaban J connectivity index is 1.60. The number of ether oxygens (including phenoxy) is 3. The molecule has 37 heavy (non-hydrogen) atoms. The molecular formula is C27H26FN3O6. The molecule has 0 aromatic heterocycles. The summed E-state index contributed by atoms with van der Waals surface area (Å²) < 4.78 is 29.1. The maximum absolute atomic E-state index is 13.5. The van der Waals surface area contributed by atoms with Gasteiger partial charge in [0.25, 0.3) is 5.91 Å². The summed E-state index contributed by atoms with van der Waals surface area (Å²) in [5.41, 5.74) is 1.37. The summed E-state index contributed by atoms with van der Waals surface area (Å²) >= 11 is 0. The van der Waals surface area contributed by atoms with Crippen LogP contribution in [0.4, 0.5) is 20.6 Å². The number of hydrogen-bond acceptors (Lipinski definition) is 6. The number of nitrogens with one attached hydrogen (secondary N) is 1. The smallest absolute Gasteiger partial charge is 0.332 e. The van der Waals surface area contributed by atoms with Crippen molar-refractivity contribution >= 4 is 29.2 Å². The molecule has 192 valence electrons. The number of anilines is 2. The van der Waals surface area contributed by atoms with E-state index in [1.807, 2.05) is 0 Å². The first-order valence-corrected chi connectivity index (χ1v) is 11.4. The van der Waals surface area contributed by atoms with E-state index in [1.54, 1.807) is 49.6 Å². The molecular weight excluding hydrogens is 481 g/mol. The summed E-state index contributed by atoms with van der Waals surface area (Å²) in [7, 11) is 4.53. The number of methoxy groups -OCH3 is 3. The molecule has 0 saturated carbocycles. The third kappa shape index (κ3) is 5.64. The van der Waals surface area contributed by atoms with E-state index < -0.39 is 29.7 Å². The van der Waals surface area contributed by atoms with Gasteiger partial charge in [-0.05, 0) is 42.0 Å². The van der Waals surface area contributed by atoms with Crippen molar-refractivity contribution < 1.29 is 33.0 Å². The van der Waals surface area contributed by atoms with Gasteiger partial charge in [-0.1, -0.05) is 12.1 Å². The maximum atomic E-state index is 13.5. The van der Waals surface area contributed by atoms with Gasteiger partial charge in [0.15, 0.2) is 0 Å². The van der Waals surface area contributed by atoms with Crippen molar-refractivity contribution in [3.05, 3.63) is 78.1 Å². The minimum absolute atomic E-state index is 0.0805. The molecule has 1 aliphatic heterocycles. The predicted octanol–water partition coefficient (Wildman–Crippen LogP) is 4.22. The number of amides is 4. The molecule has 4 rings (SSSR count). The topological polar surface area (TPSA) is 97.4 Å². The van der Waals surface area contributed by atoms with Gasteiger partial charge >= 0.3 is 6.03 Å². The van der Waals surface area contributed by atoms with Crippen molar-refractivity contribution in [3.63, 3.8) is 0 Å². The fraction of sp³-hybridized carbons (Fsp3) is 0.222. The van der Waals surface area contributed by atoms with Crippen LogP contribution in [0.5, 0.6) is 17.2 Å². The monoisotopic (exact) mass is 507 g/mol. The van der Waals surface area contributed by atoms with Crippen LogP contribution in [0.3, 0.4) is 0 Å². The van der Waals surface area contributed by atoms with Gasteiger partial charge in [-0.15, -0.1) is 0 Å². The van der Waals surface area contributed by atoms with Crippen LogP contribution in [0.1, 0.15) is 12.0 Å². The Kier molecular flexibility index (Phi) is 7.57. The highest BCUT2D eigenvalue weighted by Gasteiger charge is 2.46. The Morgan fingerprint density at radius 1 is 0.865 bits per heavy atom. The number of urea groups is 1. The minimum atomic E-state index is -1.08. The average molecular weight is 508 g/mol. The molecule has 0 aliphatic carbocycles. The molecule has 0 radical (unpaired) electrons. The second kappa shape index (κ2) is 11.0. The Morgan fingerprint density at radius 3 is 2.03 bits per heavy atom. The molecule has 0 spiro atoms. The van der Waals surface area contributed by atoms with Crippen molar-refractivity contribution in [1.29, 1.82) is 0 Å². The first kappa shape index (κ1) is 25.5. The minimum Gasteiger partial charge on any atom is -0.497 e. The lowest BCUT2D eigenvalue weighted by Crippen LogP contribution is -2.37. The summed E-state index contributed by atoms with van der Waals surface area (Å²) in [4.78, 5) is 42.1. The van der Waals surface area contributed by atoms with Gasteiger partial charge in [0.05, 0.1) is 33.4 Å². The lowest BCUT2D eigenvalue weighted by atomic mass is 10.1. The maximum Gasteiger partial charge on any atom is 0.332 e. The summed E-state index contributed by atoms with van der Waals surface area (Å²) in [5.74, 6) is 0.0362. The van der Waals surface area contributed by atoms with E-state index in [0.29, 0.717) is 22.9 Å². The zero-order valence-corrected chi connectivity index (χ0v) is 20.6. The van der Waals surface area contributed by atoms with Crippen molar-refractivity contribution in [2.45, 2.75) is 19.0 Å². The SMILES string of the molecule is COc1ccc(CN2C(=O)N(c3ccc(F)cc3)C(=O)[C@H]2CC(=O)Nc2cc(OC)cc(OC)c2)cc1. The molecule has 3 aromatic carbocycles. The number of benzene rings is 3. The van der Waals surface area contributed by atoms with Crippen LogP contribution in [0.2, 0.25) is 0 Å². The fourth-order valence-corrected chi connectivity index (χ4v) is 4.04. The van der Waals surface area contributed by atoms with Crippen LogP contribution >= 0.6 is 0 Å². The molecule has 1 N–H and O–H groups in total. The number of carbonyl (C=O) groups is 3. The molecule has 9 nitrogen and oxygen atoms in total. The number of halogens is 1. The van der Waals surface area contributed by atoms with E-state index in [1.165, 1.54) is 43.4 Å². The lowest BCUT2D eigenvalue weighted by molar-refractivity contribution is -0.124. The van der Waals surface area contributed by atoms with Crippen LogP contribution in [0.25, 0.3) is 0 Å². The summed E-state index contributed by atoms with van der Waals surface area (Å²) in [6.45, 7) is 0.0805. The third-order valence-electron chi connectivity index (χ3n) is 5.93. The Morgan fingerprint density at radius 2 is 1.46 bits per heavy atom. The van der Waals surface area contributed by atoms with Crippen molar-refractivity contribution in [2.75, 3.05) is 31.5 Å². The number of rotatable bonds is 9. The first-order valence-electron chi connectivity index (χ1n) is 11.4. The van der Waals surface area contributed by atoms with Gasteiger partial charge in [-0.2, -0.15) is 0 Å². The van der Waals surface area contributed by atoms with Gasteiger partial charge < -0.3 is 24.4 Å². The van der Waals surface area contributed by atoms with Crippen molar-refractivity contribution in [1.82, 2.24) is 4.90 Å². The molecule has 10 heteroatoms. The van der Waals surface area contributed by atoms with Crippen LogP contribution in [0.15, 0.2) is 66.7 Å². The number of imide groups is 1. The zero-order valence-electron chi connectivity index (χ0n) is 20.6.